The number of halogens is 3. The number of alkyl halides is 3. The molecular weight excluding hydrogens is 297 g/mol. The van der Waals surface area contributed by atoms with Gasteiger partial charge in [0.2, 0.25) is 0 Å². The SMILES string of the molecule is O=C(O)c1cccc(N/N=C\c2ccccc2C(F)(F)F)c1. The number of hydrogen-bond acceptors (Lipinski definition) is 3. The molecule has 0 radical (unpaired) electrons. The molecular formula is C15H11F3N2O2. The van der Waals surface area contributed by atoms with Gasteiger partial charge in [0.15, 0.2) is 0 Å². The lowest BCUT2D eigenvalue weighted by atomic mass is 10.1. The number of nitrogens with one attached hydrogen (secondary N) is 1. The van der Waals surface area contributed by atoms with E-state index in [-0.39, 0.29) is 11.1 Å². The quantitative estimate of drug-likeness (QED) is 0.666. The summed E-state index contributed by atoms with van der Waals surface area (Å²) in [5.41, 5.74) is 2.04. The Kier molecular flexibility index (Phi) is 4.45. The largest absolute Gasteiger partial charge is 0.478 e. The van der Waals surface area contributed by atoms with Crippen LogP contribution in [0.3, 0.4) is 0 Å². The standard InChI is InChI=1S/C15H11F3N2O2/c16-15(17,18)13-7-2-1-4-11(13)9-19-20-12-6-3-5-10(8-12)14(21)22/h1-9,20H,(H,21,22)/b19-9-. The maximum absolute atomic E-state index is 12.8. The first kappa shape index (κ1) is 15.6. The van der Waals surface area contributed by atoms with Crippen LogP contribution in [0.1, 0.15) is 21.5 Å². The van der Waals surface area contributed by atoms with Crippen molar-refractivity contribution in [3.8, 4) is 0 Å². The van der Waals surface area contributed by atoms with E-state index < -0.39 is 17.7 Å². The molecule has 2 N–H and O–H groups in total. The number of anilines is 1. The molecule has 0 aliphatic carbocycles. The van der Waals surface area contributed by atoms with Crippen LogP contribution >= 0.6 is 0 Å². The molecule has 0 aromatic heterocycles. The van der Waals surface area contributed by atoms with Gasteiger partial charge in [-0.3, -0.25) is 5.43 Å². The van der Waals surface area contributed by atoms with E-state index in [1.165, 1.54) is 36.4 Å². The third-order valence-electron chi connectivity index (χ3n) is 2.77. The minimum atomic E-state index is -4.47. The Labute approximate surface area is 123 Å². The summed E-state index contributed by atoms with van der Waals surface area (Å²) in [6.45, 7) is 0. The van der Waals surface area contributed by atoms with Gasteiger partial charge in [0.1, 0.15) is 0 Å². The third kappa shape index (κ3) is 3.85. The van der Waals surface area contributed by atoms with E-state index in [2.05, 4.69) is 10.5 Å². The van der Waals surface area contributed by atoms with Crippen molar-refractivity contribution in [1.29, 1.82) is 0 Å². The summed E-state index contributed by atoms with van der Waals surface area (Å²) in [6, 6.07) is 10.8. The normalized spacial score (nSPS) is 11.6. The molecule has 0 saturated heterocycles. The fourth-order valence-corrected chi connectivity index (χ4v) is 1.77. The van der Waals surface area contributed by atoms with Crippen molar-refractivity contribution in [3.05, 3.63) is 65.2 Å². The maximum Gasteiger partial charge on any atom is 0.417 e. The number of carboxylic acid groups (broad SMARTS) is 1. The summed E-state index contributed by atoms with van der Waals surface area (Å²) < 4.78 is 38.4. The molecule has 4 nitrogen and oxygen atoms in total. The lowest BCUT2D eigenvalue weighted by Crippen LogP contribution is -2.08. The van der Waals surface area contributed by atoms with E-state index >= 15 is 0 Å². The second-order valence-electron chi connectivity index (χ2n) is 4.34. The number of nitrogens with zero attached hydrogens (tertiary/aromatic N) is 1. The van der Waals surface area contributed by atoms with Gasteiger partial charge in [-0.1, -0.05) is 24.3 Å². The van der Waals surface area contributed by atoms with Gasteiger partial charge in [-0.25, -0.2) is 4.79 Å². The average molecular weight is 308 g/mol. The Bertz CT molecular complexity index is 712. The first-order valence-corrected chi connectivity index (χ1v) is 6.16. The molecule has 0 aliphatic rings. The highest BCUT2D eigenvalue weighted by molar-refractivity contribution is 5.89. The van der Waals surface area contributed by atoms with E-state index in [4.69, 9.17) is 5.11 Å². The molecule has 7 heteroatoms. The molecule has 2 rings (SSSR count). The first-order chi connectivity index (χ1) is 10.4. The highest BCUT2D eigenvalue weighted by Crippen LogP contribution is 2.31. The highest BCUT2D eigenvalue weighted by atomic mass is 19.4. The van der Waals surface area contributed by atoms with Crippen molar-refractivity contribution in [3.63, 3.8) is 0 Å². The van der Waals surface area contributed by atoms with Gasteiger partial charge in [0, 0.05) is 5.56 Å². The molecule has 0 saturated carbocycles. The topological polar surface area (TPSA) is 61.7 Å². The van der Waals surface area contributed by atoms with Crippen molar-refractivity contribution in [2.75, 3.05) is 5.43 Å². The van der Waals surface area contributed by atoms with Crippen LogP contribution in [0, 0.1) is 0 Å². The summed E-state index contributed by atoms with van der Waals surface area (Å²) in [7, 11) is 0. The molecule has 2 aromatic carbocycles. The molecule has 22 heavy (non-hydrogen) atoms. The van der Waals surface area contributed by atoms with Crippen molar-refractivity contribution in [2.45, 2.75) is 6.18 Å². The smallest absolute Gasteiger partial charge is 0.417 e. The number of carbonyl (C=O) groups is 1. The van der Waals surface area contributed by atoms with Gasteiger partial charge in [-0.15, -0.1) is 0 Å². The molecule has 0 heterocycles. The van der Waals surface area contributed by atoms with Crippen LogP contribution in [0.5, 0.6) is 0 Å². The Morgan fingerprint density at radius 3 is 2.55 bits per heavy atom. The van der Waals surface area contributed by atoms with Crippen LogP contribution < -0.4 is 5.43 Å². The van der Waals surface area contributed by atoms with Crippen molar-refractivity contribution >= 4 is 17.9 Å². The molecule has 114 valence electrons. The van der Waals surface area contributed by atoms with Gasteiger partial charge < -0.3 is 5.11 Å². The van der Waals surface area contributed by atoms with Crippen LogP contribution in [0.15, 0.2) is 53.6 Å². The maximum atomic E-state index is 12.8. The zero-order valence-corrected chi connectivity index (χ0v) is 11.1. The van der Waals surface area contributed by atoms with Gasteiger partial charge >= 0.3 is 12.1 Å². The van der Waals surface area contributed by atoms with Gasteiger partial charge in [0.05, 0.1) is 23.0 Å². The summed E-state index contributed by atoms with van der Waals surface area (Å²) in [6.07, 6.45) is -3.43. The Balaban J connectivity index is 2.17. The van der Waals surface area contributed by atoms with E-state index in [0.29, 0.717) is 5.69 Å². The number of carboxylic acids is 1. The molecule has 0 spiro atoms. The fraction of sp³-hybridized carbons (Fsp3) is 0.0667. The molecule has 0 amide bonds. The molecule has 0 aliphatic heterocycles. The number of hydrazone groups is 1. The lowest BCUT2D eigenvalue weighted by Gasteiger charge is -2.09. The predicted molar refractivity (Wildman–Crippen MR) is 76.1 cm³/mol. The zero-order chi connectivity index (χ0) is 16.2. The predicted octanol–water partition coefficient (Wildman–Crippen LogP) is 3.85. The average Bonchev–Trinajstić information content (AvgIpc) is 2.47. The Morgan fingerprint density at radius 1 is 1.14 bits per heavy atom. The minimum absolute atomic E-state index is 0.0518. The van der Waals surface area contributed by atoms with Gasteiger partial charge in [-0.2, -0.15) is 18.3 Å². The van der Waals surface area contributed by atoms with Crippen LogP contribution in [-0.4, -0.2) is 17.3 Å². The number of rotatable bonds is 4. The third-order valence-corrected chi connectivity index (χ3v) is 2.77. The summed E-state index contributed by atoms with van der Waals surface area (Å²) in [5, 5.41) is 12.6. The second kappa shape index (κ2) is 6.30. The molecule has 0 fully saturated rings. The van der Waals surface area contributed by atoms with Crippen LogP contribution in [0.4, 0.5) is 18.9 Å². The van der Waals surface area contributed by atoms with Gasteiger partial charge in [-0.05, 0) is 24.3 Å². The van der Waals surface area contributed by atoms with Crippen LogP contribution in [0.2, 0.25) is 0 Å². The van der Waals surface area contributed by atoms with E-state index in [1.54, 1.807) is 6.07 Å². The lowest BCUT2D eigenvalue weighted by molar-refractivity contribution is -0.137. The van der Waals surface area contributed by atoms with Crippen molar-refractivity contribution < 1.29 is 23.1 Å². The number of hydrogen-bond donors (Lipinski definition) is 2. The Hall–Kier alpha value is -2.83. The van der Waals surface area contributed by atoms with E-state index in [9.17, 15) is 18.0 Å². The van der Waals surface area contributed by atoms with Crippen LogP contribution in [0.25, 0.3) is 0 Å². The summed E-state index contributed by atoms with van der Waals surface area (Å²) in [4.78, 5) is 10.8. The van der Waals surface area contributed by atoms with E-state index in [0.717, 1.165) is 12.3 Å². The second-order valence-corrected chi connectivity index (χ2v) is 4.34. The van der Waals surface area contributed by atoms with Crippen molar-refractivity contribution in [2.24, 2.45) is 5.10 Å². The minimum Gasteiger partial charge on any atom is -0.478 e. The number of aromatic carboxylic acids is 1. The fourth-order valence-electron chi connectivity index (χ4n) is 1.77. The summed E-state index contributed by atoms with van der Waals surface area (Å²) >= 11 is 0. The Morgan fingerprint density at radius 2 is 1.86 bits per heavy atom. The van der Waals surface area contributed by atoms with Gasteiger partial charge in [0.25, 0.3) is 0 Å². The van der Waals surface area contributed by atoms with Crippen LogP contribution in [-0.2, 0) is 6.18 Å². The van der Waals surface area contributed by atoms with E-state index in [1.807, 2.05) is 0 Å². The first-order valence-electron chi connectivity index (χ1n) is 6.16. The molecule has 0 unspecified atom stereocenters. The molecule has 0 bridgehead atoms. The highest BCUT2D eigenvalue weighted by Gasteiger charge is 2.32. The molecule has 0 atom stereocenters. The summed E-state index contributed by atoms with van der Waals surface area (Å²) in [5.74, 6) is -1.10. The monoisotopic (exact) mass is 308 g/mol. The molecule has 2 aromatic rings. The zero-order valence-electron chi connectivity index (χ0n) is 11.1. The van der Waals surface area contributed by atoms with Crippen molar-refractivity contribution in [1.82, 2.24) is 0 Å². The number of benzene rings is 2.